The van der Waals surface area contributed by atoms with Crippen LogP contribution in [0.5, 0.6) is 11.5 Å². The van der Waals surface area contributed by atoms with Gasteiger partial charge in [-0.2, -0.15) is 0 Å². The van der Waals surface area contributed by atoms with E-state index >= 15 is 0 Å². The highest BCUT2D eigenvalue weighted by molar-refractivity contribution is 9.10. The zero-order valence-corrected chi connectivity index (χ0v) is 19.0. The van der Waals surface area contributed by atoms with Crippen LogP contribution in [0.15, 0.2) is 51.6 Å². The second-order valence-corrected chi connectivity index (χ2v) is 7.41. The van der Waals surface area contributed by atoms with Crippen LogP contribution in [0.25, 0.3) is 6.08 Å². The normalized spacial score (nSPS) is 14.3. The molecule has 1 aliphatic rings. The van der Waals surface area contributed by atoms with Gasteiger partial charge in [0, 0.05) is 5.56 Å². The molecule has 0 aromatic heterocycles. The number of carbonyl (C=O) groups is 2. The van der Waals surface area contributed by atoms with Gasteiger partial charge < -0.3 is 18.9 Å². The van der Waals surface area contributed by atoms with Crippen LogP contribution in [0, 0.1) is 6.92 Å². The van der Waals surface area contributed by atoms with E-state index in [1.54, 1.807) is 25.1 Å². The van der Waals surface area contributed by atoms with Gasteiger partial charge in [-0.1, -0.05) is 17.7 Å². The average molecular weight is 488 g/mol. The van der Waals surface area contributed by atoms with E-state index < -0.39 is 11.9 Å². The molecule has 0 fully saturated rings. The molecular weight excluding hydrogens is 466 g/mol. The largest absolute Gasteiger partial charge is 0.490 e. The molecule has 0 saturated heterocycles. The van der Waals surface area contributed by atoms with Gasteiger partial charge in [0.2, 0.25) is 5.90 Å². The summed E-state index contributed by atoms with van der Waals surface area (Å²) < 4.78 is 22.0. The Kier molecular flexibility index (Phi) is 7.46. The summed E-state index contributed by atoms with van der Waals surface area (Å²) in [6.07, 6.45) is 1.60. The van der Waals surface area contributed by atoms with Crippen molar-refractivity contribution in [2.45, 2.75) is 20.8 Å². The summed E-state index contributed by atoms with van der Waals surface area (Å²) in [6.45, 7) is 5.95. The van der Waals surface area contributed by atoms with Gasteiger partial charge in [0.05, 0.1) is 17.7 Å². The Morgan fingerprint density at radius 1 is 1.13 bits per heavy atom. The second-order valence-electron chi connectivity index (χ2n) is 6.56. The molecule has 2 aromatic rings. The van der Waals surface area contributed by atoms with Crippen molar-refractivity contribution < 1.29 is 28.5 Å². The van der Waals surface area contributed by atoms with Crippen LogP contribution in [0.1, 0.15) is 30.5 Å². The van der Waals surface area contributed by atoms with Crippen molar-refractivity contribution >= 4 is 39.8 Å². The number of rotatable bonds is 8. The van der Waals surface area contributed by atoms with E-state index in [1.807, 2.05) is 38.1 Å². The van der Waals surface area contributed by atoms with Gasteiger partial charge in [0.1, 0.15) is 0 Å². The lowest BCUT2D eigenvalue weighted by molar-refractivity contribution is -0.145. The van der Waals surface area contributed by atoms with Gasteiger partial charge in [-0.05, 0) is 72.6 Å². The van der Waals surface area contributed by atoms with Gasteiger partial charge in [-0.3, -0.25) is 0 Å². The van der Waals surface area contributed by atoms with Crippen molar-refractivity contribution in [3.8, 4) is 11.5 Å². The molecule has 0 spiro atoms. The Hall–Kier alpha value is -3.13. The third kappa shape index (κ3) is 5.73. The zero-order chi connectivity index (χ0) is 22.4. The van der Waals surface area contributed by atoms with E-state index in [0.717, 1.165) is 11.1 Å². The highest BCUT2D eigenvalue weighted by Gasteiger charge is 2.24. The fourth-order valence-corrected chi connectivity index (χ4v) is 3.37. The second kappa shape index (κ2) is 10.3. The first-order valence-electron chi connectivity index (χ1n) is 9.75. The van der Waals surface area contributed by atoms with Gasteiger partial charge in [-0.25, -0.2) is 14.6 Å². The molecule has 0 unspecified atom stereocenters. The Labute approximate surface area is 188 Å². The van der Waals surface area contributed by atoms with Crippen LogP contribution >= 0.6 is 15.9 Å². The zero-order valence-electron chi connectivity index (χ0n) is 17.4. The predicted molar refractivity (Wildman–Crippen MR) is 119 cm³/mol. The van der Waals surface area contributed by atoms with Crippen LogP contribution in [0.2, 0.25) is 0 Å². The Balaban J connectivity index is 1.88. The first-order valence-corrected chi connectivity index (χ1v) is 10.5. The van der Waals surface area contributed by atoms with Crippen molar-refractivity contribution in [3.63, 3.8) is 0 Å². The molecule has 3 rings (SSSR count). The number of esters is 2. The number of aliphatic imine (C=N–C) groups is 1. The molecule has 8 heteroatoms. The minimum atomic E-state index is -0.535. The molecule has 0 amide bonds. The quantitative estimate of drug-likeness (QED) is 0.404. The fraction of sp³-hybridized carbons (Fsp3) is 0.261. The molecule has 0 radical (unpaired) electrons. The van der Waals surface area contributed by atoms with Gasteiger partial charge in [0.15, 0.2) is 23.8 Å². The molecule has 31 heavy (non-hydrogen) atoms. The molecule has 1 heterocycles. The van der Waals surface area contributed by atoms with Crippen LogP contribution in [-0.2, 0) is 19.1 Å². The first kappa shape index (κ1) is 22.6. The van der Waals surface area contributed by atoms with Gasteiger partial charge >= 0.3 is 11.9 Å². The number of nitrogens with zero attached hydrogens (tertiary/aromatic N) is 1. The Morgan fingerprint density at radius 3 is 2.55 bits per heavy atom. The molecule has 0 aliphatic carbocycles. The van der Waals surface area contributed by atoms with Gasteiger partial charge in [0.25, 0.3) is 0 Å². The number of carbonyl (C=O) groups excluding carboxylic acids is 2. The number of halogens is 1. The smallest absolute Gasteiger partial charge is 0.363 e. The molecule has 0 atom stereocenters. The summed E-state index contributed by atoms with van der Waals surface area (Å²) in [5.74, 6) is 0.0359. The maximum atomic E-state index is 12.3. The third-order valence-corrected chi connectivity index (χ3v) is 4.78. The number of cyclic esters (lactones) is 1. The number of aryl methyl sites for hydroxylation is 1. The van der Waals surface area contributed by atoms with Crippen LogP contribution in [0.3, 0.4) is 0 Å². The topological polar surface area (TPSA) is 83.4 Å². The fourth-order valence-electron chi connectivity index (χ4n) is 2.79. The Morgan fingerprint density at radius 2 is 1.87 bits per heavy atom. The summed E-state index contributed by atoms with van der Waals surface area (Å²) in [5, 5.41) is 0. The molecule has 0 N–H and O–H groups in total. The lowest BCUT2D eigenvalue weighted by Crippen LogP contribution is -2.15. The highest BCUT2D eigenvalue weighted by Crippen LogP contribution is 2.38. The molecule has 0 bridgehead atoms. The van der Waals surface area contributed by atoms with Crippen LogP contribution < -0.4 is 9.47 Å². The maximum absolute atomic E-state index is 12.3. The van der Waals surface area contributed by atoms with Crippen molar-refractivity contribution in [1.29, 1.82) is 0 Å². The molecule has 7 nitrogen and oxygen atoms in total. The van der Waals surface area contributed by atoms with Gasteiger partial charge in [-0.15, -0.1) is 0 Å². The van der Waals surface area contributed by atoms with Crippen molar-refractivity contribution in [2.75, 3.05) is 19.8 Å². The summed E-state index contributed by atoms with van der Waals surface area (Å²) >= 11 is 3.44. The number of benzene rings is 2. The molecule has 1 aliphatic heterocycles. The summed E-state index contributed by atoms with van der Waals surface area (Å²) in [7, 11) is 0. The average Bonchev–Trinajstić information content (AvgIpc) is 3.08. The number of hydrogen-bond donors (Lipinski definition) is 0. The van der Waals surface area contributed by atoms with Crippen molar-refractivity contribution in [2.24, 2.45) is 4.99 Å². The standard InChI is InChI=1S/C23H22BrNO6/c1-4-28-19-12-15(10-17(24)21(19)30-13-20(26)29-5-2)11-18-23(27)31-22(25-18)16-8-6-14(3)7-9-16/h6-12H,4-5,13H2,1-3H3/b18-11-. The SMILES string of the molecule is CCOC(=O)COc1c(Br)cc(/C=C2\N=C(c3ccc(C)cc3)OC2=O)cc1OCC. The highest BCUT2D eigenvalue weighted by atomic mass is 79.9. The molecular formula is C23H22BrNO6. The minimum Gasteiger partial charge on any atom is -0.490 e. The minimum absolute atomic E-state index is 0.171. The third-order valence-electron chi connectivity index (χ3n) is 4.19. The number of hydrogen-bond acceptors (Lipinski definition) is 7. The summed E-state index contributed by atoms with van der Waals surface area (Å²) in [6, 6.07) is 11.0. The van der Waals surface area contributed by atoms with Crippen LogP contribution in [0.4, 0.5) is 0 Å². The predicted octanol–water partition coefficient (Wildman–Crippen LogP) is 4.44. The lowest BCUT2D eigenvalue weighted by Gasteiger charge is -2.14. The summed E-state index contributed by atoms with van der Waals surface area (Å²) in [5.41, 5.74) is 2.65. The van der Waals surface area contributed by atoms with Crippen molar-refractivity contribution in [1.82, 2.24) is 0 Å². The van der Waals surface area contributed by atoms with E-state index in [2.05, 4.69) is 20.9 Å². The van der Waals surface area contributed by atoms with E-state index in [1.165, 1.54) is 0 Å². The molecule has 0 saturated carbocycles. The van der Waals surface area contributed by atoms with Crippen LogP contribution in [-0.4, -0.2) is 37.7 Å². The molecule has 2 aromatic carbocycles. The van der Waals surface area contributed by atoms with E-state index in [9.17, 15) is 9.59 Å². The monoisotopic (exact) mass is 487 g/mol. The summed E-state index contributed by atoms with van der Waals surface area (Å²) in [4.78, 5) is 28.3. The van der Waals surface area contributed by atoms with E-state index in [-0.39, 0.29) is 24.8 Å². The first-order chi connectivity index (χ1) is 14.9. The Bertz CT molecular complexity index is 1040. The van der Waals surface area contributed by atoms with E-state index in [0.29, 0.717) is 28.1 Å². The van der Waals surface area contributed by atoms with Crippen molar-refractivity contribution in [3.05, 3.63) is 63.3 Å². The molecule has 162 valence electrons. The lowest BCUT2D eigenvalue weighted by atomic mass is 10.1. The van der Waals surface area contributed by atoms with E-state index in [4.69, 9.17) is 18.9 Å². The number of ether oxygens (including phenoxy) is 4. The maximum Gasteiger partial charge on any atom is 0.363 e.